The van der Waals surface area contributed by atoms with E-state index in [1.165, 1.54) is 25.3 Å². The number of amides is 1. The number of rotatable bonds is 5. The second-order valence-electron chi connectivity index (χ2n) is 6.06. The number of nitriles is 1. The molecular weight excluding hydrogens is 347 g/mol. The summed E-state index contributed by atoms with van der Waals surface area (Å²) in [6.45, 7) is 0.485. The van der Waals surface area contributed by atoms with Crippen LogP contribution in [-0.4, -0.2) is 26.2 Å². The summed E-state index contributed by atoms with van der Waals surface area (Å²) in [5.74, 6) is 0.383. The van der Waals surface area contributed by atoms with E-state index in [0.29, 0.717) is 23.7 Å². The third kappa shape index (κ3) is 4.26. The average Bonchev–Trinajstić information content (AvgIpc) is 2.70. The van der Waals surface area contributed by atoms with E-state index in [1.54, 1.807) is 35.2 Å². The lowest BCUT2D eigenvalue weighted by Crippen LogP contribution is -2.34. The van der Waals surface area contributed by atoms with Crippen LogP contribution >= 0.6 is 0 Å². The normalized spacial score (nSPS) is 13.1. The van der Waals surface area contributed by atoms with E-state index in [0.717, 1.165) is 24.0 Å². The van der Waals surface area contributed by atoms with Gasteiger partial charge in [-0.15, -0.1) is 0 Å². The molecule has 5 nitrogen and oxygen atoms in total. The molecule has 0 unspecified atom stereocenters. The molecule has 0 spiro atoms. The SMILES string of the molecule is COc1cc(/C=C/C(=O)N2CCCc3ccc(F)cc32)ccc1OCC#N. The van der Waals surface area contributed by atoms with Gasteiger partial charge in [-0.2, -0.15) is 5.26 Å². The number of benzene rings is 2. The Hall–Kier alpha value is -3.33. The summed E-state index contributed by atoms with van der Waals surface area (Å²) in [6, 6.07) is 11.6. The van der Waals surface area contributed by atoms with E-state index in [2.05, 4.69) is 0 Å². The summed E-state index contributed by atoms with van der Waals surface area (Å²) in [6.07, 6.45) is 4.82. The van der Waals surface area contributed by atoms with Crippen molar-refractivity contribution in [1.29, 1.82) is 5.26 Å². The maximum atomic E-state index is 13.6. The minimum absolute atomic E-state index is 0.0744. The molecule has 0 radical (unpaired) electrons. The highest BCUT2D eigenvalue weighted by Gasteiger charge is 2.21. The number of ether oxygens (including phenoxy) is 2. The fourth-order valence-electron chi connectivity index (χ4n) is 3.05. The van der Waals surface area contributed by atoms with Gasteiger partial charge in [-0.05, 0) is 54.3 Å². The number of anilines is 1. The molecular formula is C21H19FN2O3. The molecule has 1 aliphatic heterocycles. The van der Waals surface area contributed by atoms with Gasteiger partial charge in [-0.1, -0.05) is 12.1 Å². The second-order valence-corrected chi connectivity index (χ2v) is 6.06. The number of methoxy groups -OCH3 is 1. The van der Waals surface area contributed by atoms with Crippen molar-refractivity contribution in [2.24, 2.45) is 0 Å². The molecule has 0 fully saturated rings. The molecule has 6 heteroatoms. The third-order valence-electron chi connectivity index (χ3n) is 4.33. The Kier molecular flexibility index (Phi) is 5.72. The van der Waals surface area contributed by atoms with Crippen LogP contribution in [0.3, 0.4) is 0 Å². The quantitative estimate of drug-likeness (QED) is 0.757. The van der Waals surface area contributed by atoms with E-state index in [1.807, 2.05) is 6.07 Å². The number of halogens is 1. The summed E-state index contributed by atoms with van der Waals surface area (Å²) >= 11 is 0. The molecule has 0 saturated carbocycles. The number of carbonyl (C=O) groups excluding carboxylic acids is 1. The lowest BCUT2D eigenvalue weighted by molar-refractivity contribution is -0.114. The maximum absolute atomic E-state index is 13.6. The molecule has 27 heavy (non-hydrogen) atoms. The largest absolute Gasteiger partial charge is 0.493 e. The standard InChI is InChI=1S/C21H19FN2O3/c1-26-20-13-15(4-8-19(20)27-12-10-23)5-9-21(25)24-11-2-3-16-6-7-17(22)14-18(16)24/h4-9,13-14H,2-3,11-12H2,1H3/b9-5+. The first-order chi connectivity index (χ1) is 13.1. The smallest absolute Gasteiger partial charge is 0.250 e. The molecule has 1 aliphatic rings. The highest BCUT2D eigenvalue weighted by atomic mass is 19.1. The second kappa shape index (κ2) is 8.37. The van der Waals surface area contributed by atoms with Gasteiger partial charge in [0.1, 0.15) is 11.9 Å². The monoisotopic (exact) mass is 366 g/mol. The lowest BCUT2D eigenvalue weighted by Gasteiger charge is -2.28. The number of nitrogens with zero attached hydrogens (tertiary/aromatic N) is 2. The minimum atomic E-state index is -0.352. The summed E-state index contributed by atoms with van der Waals surface area (Å²) in [5, 5.41) is 8.61. The molecule has 0 aliphatic carbocycles. The van der Waals surface area contributed by atoms with Crippen LogP contribution < -0.4 is 14.4 Å². The fourth-order valence-corrected chi connectivity index (χ4v) is 3.05. The molecule has 0 N–H and O–H groups in total. The Morgan fingerprint density at radius 1 is 1.30 bits per heavy atom. The Bertz CT molecular complexity index is 918. The minimum Gasteiger partial charge on any atom is -0.493 e. The van der Waals surface area contributed by atoms with Crippen LogP contribution in [0.25, 0.3) is 6.08 Å². The first kappa shape index (κ1) is 18.5. The zero-order valence-corrected chi connectivity index (χ0v) is 14.9. The summed E-state index contributed by atoms with van der Waals surface area (Å²) in [7, 11) is 1.51. The van der Waals surface area contributed by atoms with Crippen LogP contribution in [0.5, 0.6) is 11.5 Å². The molecule has 0 atom stereocenters. The number of aryl methyl sites for hydroxylation is 1. The number of hydrogen-bond donors (Lipinski definition) is 0. The van der Waals surface area contributed by atoms with E-state index >= 15 is 0 Å². The van der Waals surface area contributed by atoms with E-state index in [9.17, 15) is 9.18 Å². The van der Waals surface area contributed by atoms with E-state index < -0.39 is 0 Å². The zero-order valence-electron chi connectivity index (χ0n) is 14.9. The third-order valence-corrected chi connectivity index (χ3v) is 4.33. The zero-order chi connectivity index (χ0) is 19.2. The van der Waals surface area contributed by atoms with Gasteiger partial charge in [0.15, 0.2) is 18.1 Å². The Balaban J connectivity index is 1.78. The molecule has 1 heterocycles. The highest BCUT2D eigenvalue weighted by Crippen LogP contribution is 2.30. The van der Waals surface area contributed by atoms with Crippen molar-refractivity contribution in [3.8, 4) is 17.6 Å². The van der Waals surface area contributed by atoms with E-state index in [-0.39, 0.29) is 18.3 Å². The maximum Gasteiger partial charge on any atom is 0.250 e. The summed E-state index contributed by atoms with van der Waals surface area (Å²) in [5.41, 5.74) is 2.36. The van der Waals surface area contributed by atoms with Crippen LogP contribution in [0.4, 0.5) is 10.1 Å². The molecule has 3 rings (SSSR count). The molecule has 2 aromatic carbocycles. The van der Waals surface area contributed by atoms with Crippen LogP contribution in [0.2, 0.25) is 0 Å². The van der Waals surface area contributed by atoms with Crippen molar-refractivity contribution < 1.29 is 18.7 Å². The highest BCUT2D eigenvalue weighted by molar-refractivity contribution is 6.04. The van der Waals surface area contributed by atoms with Crippen molar-refractivity contribution in [1.82, 2.24) is 0 Å². The summed E-state index contributed by atoms with van der Waals surface area (Å²) < 4.78 is 24.1. The molecule has 138 valence electrons. The summed E-state index contributed by atoms with van der Waals surface area (Å²) in [4.78, 5) is 14.2. The van der Waals surface area contributed by atoms with Gasteiger partial charge < -0.3 is 14.4 Å². The molecule has 1 amide bonds. The van der Waals surface area contributed by atoms with Gasteiger partial charge in [0.25, 0.3) is 5.91 Å². The van der Waals surface area contributed by atoms with Gasteiger partial charge in [0, 0.05) is 12.6 Å². The van der Waals surface area contributed by atoms with Crippen LogP contribution in [-0.2, 0) is 11.2 Å². The number of fused-ring (bicyclic) bond motifs is 1. The van der Waals surface area contributed by atoms with Gasteiger partial charge >= 0.3 is 0 Å². The van der Waals surface area contributed by atoms with Crippen molar-refractivity contribution >= 4 is 17.7 Å². The van der Waals surface area contributed by atoms with Gasteiger partial charge in [0.2, 0.25) is 0 Å². The van der Waals surface area contributed by atoms with Crippen molar-refractivity contribution in [2.75, 3.05) is 25.2 Å². The van der Waals surface area contributed by atoms with Gasteiger partial charge in [-0.3, -0.25) is 4.79 Å². The first-order valence-corrected chi connectivity index (χ1v) is 8.58. The van der Waals surface area contributed by atoms with Crippen molar-refractivity contribution in [2.45, 2.75) is 12.8 Å². The Morgan fingerprint density at radius 2 is 2.15 bits per heavy atom. The lowest BCUT2D eigenvalue weighted by atomic mass is 10.0. The molecule has 0 saturated heterocycles. The first-order valence-electron chi connectivity index (χ1n) is 8.58. The van der Waals surface area contributed by atoms with E-state index in [4.69, 9.17) is 14.7 Å². The van der Waals surface area contributed by atoms with Gasteiger partial charge in [0.05, 0.1) is 12.8 Å². The number of hydrogen-bond acceptors (Lipinski definition) is 4. The number of carbonyl (C=O) groups is 1. The van der Waals surface area contributed by atoms with Gasteiger partial charge in [-0.25, -0.2) is 4.39 Å². The van der Waals surface area contributed by atoms with Crippen LogP contribution in [0.15, 0.2) is 42.5 Å². The predicted octanol–water partition coefficient (Wildman–Crippen LogP) is 3.73. The molecule has 0 bridgehead atoms. The topological polar surface area (TPSA) is 62.6 Å². The molecule has 2 aromatic rings. The molecule has 0 aromatic heterocycles. The predicted molar refractivity (Wildman–Crippen MR) is 100 cm³/mol. The fraction of sp³-hybridized carbons (Fsp3) is 0.238. The van der Waals surface area contributed by atoms with Crippen LogP contribution in [0, 0.1) is 17.1 Å². The van der Waals surface area contributed by atoms with Crippen LogP contribution in [0.1, 0.15) is 17.5 Å². The Labute approximate surface area is 157 Å². The van der Waals surface area contributed by atoms with Crippen molar-refractivity contribution in [3.05, 3.63) is 59.4 Å². The van der Waals surface area contributed by atoms with Crippen molar-refractivity contribution in [3.63, 3.8) is 0 Å². The Morgan fingerprint density at radius 3 is 2.93 bits per heavy atom. The average molecular weight is 366 g/mol.